The molecule has 0 aliphatic carbocycles. The van der Waals surface area contributed by atoms with E-state index in [1.807, 2.05) is 12.1 Å². The van der Waals surface area contributed by atoms with Crippen molar-refractivity contribution < 1.29 is 24.5 Å². The maximum absolute atomic E-state index is 10.7. The molecule has 4 N–H and O–H groups in total. The average molecular weight is 393 g/mol. The van der Waals surface area contributed by atoms with Crippen LogP contribution in [0.5, 0.6) is 11.5 Å². The number of rotatable bonds is 3. The number of phenolic OH excluding ortho intramolecular Hbond substituents is 1. The Morgan fingerprint density at radius 1 is 1.04 bits per heavy atom. The summed E-state index contributed by atoms with van der Waals surface area (Å²) in [6.45, 7) is 1.07. The van der Waals surface area contributed by atoms with Gasteiger partial charge < -0.3 is 25.6 Å². The minimum absolute atomic E-state index is 0.0896. The predicted octanol–water partition coefficient (Wildman–Crippen LogP) is 3.35. The Morgan fingerprint density at radius 2 is 1.59 bits per heavy atom. The molecule has 144 valence electrons. The van der Waals surface area contributed by atoms with Gasteiger partial charge in [-0.1, -0.05) is 11.6 Å². The van der Waals surface area contributed by atoms with Crippen LogP contribution in [0.1, 0.15) is 23.2 Å². The second-order valence-electron chi connectivity index (χ2n) is 5.95. The number of primary amides is 1. The maximum atomic E-state index is 10.7. The second-order valence-corrected chi connectivity index (χ2v) is 6.39. The number of aromatic hydroxyl groups is 1. The van der Waals surface area contributed by atoms with E-state index in [4.69, 9.17) is 32.3 Å². The molecule has 1 fully saturated rings. The van der Waals surface area contributed by atoms with E-state index in [2.05, 4.69) is 0 Å². The number of amides is 2. The largest absolute Gasteiger partial charge is 0.508 e. The van der Waals surface area contributed by atoms with E-state index < -0.39 is 12.0 Å². The van der Waals surface area contributed by atoms with Gasteiger partial charge in [-0.2, -0.15) is 0 Å². The first-order chi connectivity index (χ1) is 12.8. The van der Waals surface area contributed by atoms with E-state index in [9.17, 15) is 9.59 Å². The zero-order chi connectivity index (χ0) is 19.8. The summed E-state index contributed by atoms with van der Waals surface area (Å²) in [7, 11) is 0. The van der Waals surface area contributed by atoms with Crippen LogP contribution < -0.4 is 10.5 Å². The fourth-order valence-electron chi connectivity index (χ4n) is 2.50. The topological polar surface area (TPSA) is 113 Å². The fourth-order valence-corrected chi connectivity index (χ4v) is 2.62. The molecule has 0 saturated carbocycles. The van der Waals surface area contributed by atoms with Crippen LogP contribution in [-0.2, 0) is 0 Å². The third kappa shape index (κ3) is 6.71. The highest BCUT2D eigenvalue weighted by molar-refractivity contribution is 6.30. The summed E-state index contributed by atoms with van der Waals surface area (Å²) in [5, 5.41) is 18.3. The number of carbonyl (C=O) groups is 2. The van der Waals surface area contributed by atoms with E-state index in [1.165, 1.54) is 29.2 Å². The summed E-state index contributed by atoms with van der Waals surface area (Å²) < 4.78 is 5.76. The molecular weight excluding hydrogens is 372 g/mol. The number of halogens is 1. The SMILES string of the molecule is NC(=O)c1ccc(O)cc1.O=C(O)N1CCC(Oc2ccc(Cl)cc2)CC1. The molecule has 1 aliphatic heterocycles. The summed E-state index contributed by atoms with van der Waals surface area (Å²) in [6.07, 6.45) is 0.700. The van der Waals surface area contributed by atoms with Crippen LogP contribution in [0, 0.1) is 0 Å². The van der Waals surface area contributed by atoms with Crippen molar-refractivity contribution in [3.05, 3.63) is 59.1 Å². The third-order valence-electron chi connectivity index (χ3n) is 3.98. The third-order valence-corrected chi connectivity index (χ3v) is 4.23. The molecule has 2 amide bonds. The van der Waals surface area contributed by atoms with Gasteiger partial charge in [0.1, 0.15) is 17.6 Å². The van der Waals surface area contributed by atoms with Crippen LogP contribution in [0.4, 0.5) is 4.79 Å². The molecule has 3 rings (SSSR count). The van der Waals surface area contributed by atoms with E-state index >= 15 is 0 Å². The Balaban J connectivity index is 0.000000223. The summed E-state index contributed by atoms with van der Waals surface area (Å²) >= 11 is 5.78. The first-order valence-electron chi connectivity index (χ1n) is 8.34. The number of piperidine rings is 1. The highest BCUT2D eigenvalue weighted by atomic mass is 35.5. The van der Waals surface area contributed by atoms with Crippen LogP contribution in [-0.4, -0.2) is 46.3 Å². The second kappa shape index (κ2) is 9.68. The van der Waals surface area contributed by atoms with Gasteiger partial charge in [-0.05, 0) is 48.5 Å². The first-order valence-corrected chi connectivity index (χ1v) is 8.72. The number of carbonyl (C=O) groups excluding carboxylic acids is 1. The van der Waals surface area contributed by atoms with E-state index in [1.54, 1.807) is 12.1 Å². The Bertz CT molecular complexity index is 757. The molecule has 8 heteroatoms. The van der Waals surface area contributed by atoms with Crippen molar-refractivity contribution in [2.75, 3.05) is 13.1 Å². The molecule has 1 saturated heterocycles. The Labute approximate surface area is 161 Å². The molecule has 2 aromatic rings. The molecule has 0 atom stereocenters. The number of benzene rings is 2. The van der Waals surface area contributed by atoms with Crippen LogP contribution in [0.3, 0.4) is 0 Å². The number of nitrogens with zero attached hydrogens (tertiary/aromatic N) is 1. The molecule has 0 unspecified atom stereocenters. The number of nitrogens with two attached hydrogens (primary N) is 1. The molecule has 0 spiro atoms. The number of ether oxygens (including phenoxy) is 1. The Morgan fingerprint density at radius 3 is 2.07 bits per heavy atom. The molecule has 7 nitrogen and oxygen atoms in total. The molecule has 0 bridgehead atoms. The van der Waals surface area contributed by atoms with Crippen molar-refractivity contribution >= 4 is 23.6 Å². The zero-order valence-electron chi connectivity index (χ0n) is 14.5. The van der Waals surface area contributed by atoms with Gasteiger partial charge >= 0.3 is 6.09 Å². The van der Waals surface area contributed by atoms with Crippen molar-refractivity contribution in [2.24, 2.45) is 5.73 Å². The van der Waals surface area contributed by atoms with Gasteiger partial charge in [0.15, 0.2) is 0 Å². The number of hydrogen-bond acceptors (Lipinski definition) is 4. The normalized spacial score (nSPS) is 14.0. The Hall–Kier alpha value is -2.93. The lowest BCUT2D eigenvalue weighted by Crippen LogP contribution is -2.41. The smallest absolute Gasteiger partial charge is 0.407 e. The molecular formula is C19H21ClN2O5. The highest BCUT2D eigenvalue weighted by Gasteiger charge is 2.23. The van der Waals surface area contributed by atoms with Crippen LogP contribution >= 0.6 is 11.6 Å². The van der Waals surface area contributed by atoms with Crippen molar-refractivity contribution in [3.63, 3.8) is 0 Å². The number of likely N-dealkylation sites (tertiary alicyclic amines) is 1. The van der Waals surface area contributed by atoms with Gasteiger partial charge in [-0.3, -0.25) is 4.79 Å². The lowest BCUT2D eigenvalue weighted by atomic mass is 10.1. The quantitative estimate of drug-likeness (QED) is 0.741. The molecule has 1 heterocycles. The molecule has 1 aliphatic rings. The molecule has 0 radical (unpaired) electrons. The highest BCUT2D eigenvalue weighted by Crippen LogP contribution is 2.21. The minimum atomic E-state index is -0.852. The van der Waals surface area contributed by atoms with Gasteiger partial charge in [0, 0.05) is 36.5 Å². The Kier molecular flexibility index (Phi) is 7.31. The van der Waals surface area contributed by atoms with Gasteiger partial charge in [-0.25, -0.2) is 4.79 Å². The molecule has 0 aromatic heterocycles. The summed E-state index contributed by atoms with van der Waals surface area (Å²) in [6, 6.07) is 13.0. The predicted molar refractivity (Wildman–Crippen MR) is 101 cm³/mol. The zero-order valence-corrected chi connectivity index (χ0v) is 15.3. The van der Waals surface area contributed by atoms with Crippen molar-refractivity contribution in [3.8, 4) is 11.5 Å². The minimum Gasteiger partial charge on any atom is -0.508 e. The first kappa shape index (κ1) is 20.4. The van der Waals surface area contributed by atoms with Gasteiger partial charge in [-0.15, -0.1) is 0 Å². The van der Waals surface area contributed by atoms with Gasteiger partial charge in [0.25, 0.3) is 0 Å². The standard InChI is InChI=1S/C12H14ClNO3.C7H7NO2/c13-9-1-3-10(4-2-9)17-11-5-7-14(8-6-11)12(15)16;8-7(10)5-1-3-6(9)4-2-5/h1-4,11H,5-8H2,(H,15,16);1-4,9H,(H2,8,10). The molecule has 27 heavy (non-hydrogen) atoms. The summed E-state index contributed by atoms with van der Waals surface area (Å²) in [5.41, 5.74) is 5.34. The lowest BCUT2D eigenvalue weighted by molar-refractivity contribution is 0.0894. The van der Waals surface area contributed by atoms with E-state index in [0.29, 0.717) is 23.7 Å². The number of hydrogen-bond donors (Lipinski definition) is 3. The number of carboxylic acid groups (broad SMARTS) is 1. The maximum Gasteiger partial charge on any atom is 0.407 e. The van der Waals surface area contributed by atoms with Crippen LogP contribution in [0.25, 0.3) is 0 Å². The van der Waals surface area contributed by atoms with Crippen molar-refractivity contribution in [2.45, 2.75) is 18.9 Å². The average Bonchev–Trinajstić information content (AvgIpc) is 2.65. The monoisotopic (exact) mass is 392 g/mol. The lowest BCUT2D eigenvalue weighted by Gasteiger charge is -2.30. The van der Waals surface area contributed by atoms with E-state index in [0.717, 1.165) is 18.6 Å². The molecule has 2 aromatic carbocycles. The number of phenols is 1. The summed E-state index contributed by atoms with van der Waals surface area (Å²) in [4.78, 5) is 22.6. The van der Waals surface area contributed by atoms with Gasteiger partial charge in [0.05, 0.1) is 0 Å². The van der Waals surface area contributed by atoms with Crippen molar-refractivity contribution in [1.82, 2.24) is 4.90 Å². The van der Waals surface area contributed by atoms with Crippen molar-refractivity contribution in [1.29, 1.82) is 0 Å². The fraction of sp³-hybridized carbons (Fsp3) is 0.263. The van der Waals surface area contributed by atoms with Crippen LogP contribution in [0.15, 0.2) is 48.5 Å². The van der Waals surface area contributed by atoms with Crippen LogP contribution in [0.2, 0.25) is 5.02 Å². The summed E-state index contributed by atoms with van der Waals surface area (Å²) in [5.74, 6) is 0.424. The van der Waals surface area contributed by atoms with Gasteiger partial charge in [0.2, 0.25) is 5.91 Å². The van der Waals surface area contributed by atoms with E-state index in [-0.39, 0.29) is 11.9 Å².